The third-order valence-electron chi connectivity index (χ3n) is 4.38. The summed E-state index contributed by atoms with van der Waals surface area (Å²) in [6.07, 6.45) is 2.53. The molecule has 6 heteroatoms. The molecule has 22 heavy (non-hydrogen) atoms. The van der Waals surface area contributed by atoms with Gasteiger partial charge in [-0.15, -0.1) is 11.8 Å². The van der Waals surface area contributed by atoms with E-state index >= 15 is 0 Å². The van der Waals surface area contributed by atoms with Crippen molar-refractivity contribution in [2.75, 3.05) is 5.75 Å². The summed E-state index contributed by atoms with van der Waals surface area (Å²) in [6, 6.07) is 0. The maximum Gasteiger partial charge on any atom is 0.346 e. The molecule has 1 saturated carbocycles. The molecule has 0 aromatic rings. The molecule has 5 atom stereocenters. The zero-order valence-corrected chi connectivity index (χ0v) is 14.6. The van der Waals surface area contributed by atoms with E-state index in [1.807, 2.05) is 0 Å². The molecule has 2 fully saturated rings. The van der Waals surface area contributed by atoms with Crippen LogP contribution in [0.4, 0.5) is 0 Å². The molecular formula is C16H26O5S. The predicted molar refractivity (Wildman–Crippen MR) is 84.1 cm³/mol. The first-order valence-corrected chi connectivity index (χ1v) is 9.06. The molecule has 126 valence electrons. The number of carbonyl (C=O) groups excluding carboxylic acids is 2. The second kappa shape index (κ2) is 7.68. The molecule has 2 aliphatic rings. The van der Waals surface area contributed by atoms with Gasteiger partial charge in [-0.2, -0.15) is 0 Å². The summed E-state index contributed by atoms with van der Waals surface area (Å²) in [7, 11) is 0. The molecule has 1 saturated heterocycles. The smallest absolute Gasteiger partial charge is 0.346 e. The summed E-state index contributed by atoms with van der Waals surface area (Å²) in [4.78, 5) is 23.2. The molecule has 0 bridgehead atoms. The van der Waals surface area contributed by atoms with E-state index in [0.29, 0.717) is 23.5 Å². The Balaban J connectivity index is 1.88. The molecule has 0 aromatic heterocycles. The van der Waals surface area contributed by atoms with E-state index in [-0.39, 0.29) is 12.1 Å². The largest absolute Gasteiger partial charge is 0.459 e. The molecule has 0 N–H and O–H groups in total. The van der Waals surface area contributed by atoms with Gasteiger partial charge < -0.3 is 14.2 Å². The number of hydrogen-bond acceptors (Lipinski definition) is 6. The third-order valence-corrected chi connectivity index (χ3v) is 5.45. The van der Waals surface area contributed by atoms with Crippen LogP contribution in [0.15, 0.2) is 0 Å². The topological polar surface area (TPSA) is 61.8 Å². The van der Waals surface area contributed by atoms with E-state index in [4.69, 9.17) is 14.2 Å². The van der Waals surface area contributed by atoms with Gasteiger partial charge in [-0.3, -0.25) is 4.79 Å². The van der Waals surface area contributed by atoms with Gasteiger partial charge in [0.05, 0.1) is 5.75 Å². The molecule has 1 aliphatic heterocycles. The van der Waals surface area contributed by atoms with Gasteiger partial charge in [0.15, 0.2) is 0 Å². The molecule has 1 heterocycles. The molecule has 0 unspecified atom stereocenters. The summed E-state index contributed by atoms with van der Waals surface area (Å²) < 4.78 is 16.2. The Labute approximate surface area is 136 Å². The minimum Gasteiger partial charge on any atom is -0.459 e. The van der Waals surface area contributed by atoms with Crippen LogP contribution >= 0.6 is 11.8 Å². The number of esters is 2. The highest BCUT2D eigenvalue weighted by atomic mass is 32.2. The zero-order chi connectivity index (χ0) is 16.3. The molecule has 0 spiro atoms. The number of rotatable bonds is 4. The third kappa shape index (κ3) is 4.62. The van der Waals surface area contributed by atoms with Crippen LogP contribution in [0.1, 0.15) is 47.0 Å². The zero-order valence-electron chi connectivity index (χ0n) is 13.7. The summed E-state index contributed by atoms with van der Waals surface area (Å²) >= 11 is 1.33. The molecule has 0 aromatic carbocycles. The minimum atomic E-state index is -0.686. The Bertz CT molecular complexity index is 411. The van der Waals surface area contributed by atoms with Gasteiger partial charge in [0.1, 0.15) is 6.10 Å². The average Bonchev–Trinajstić information content (AvgIpc) is 2.86. The fraction of sp³-hybridized carbons (Fsp3) is 0.875. The van der Waals surface area contributed by atoms with Crippen LogP contribution in [0.25, 0.3) is 0 Å². The summed E-state index contributed by atoms with van der Waals surface area (Å²) in [5.41, 5.74) is -0.686. The Morgan fingerprint density at radius 3 is 2.59 bits per heavy atom. The monoisotopic (exact) mass is 330 g/mol. The highest BCUT2D eigenvalue weighted by molar-refractivity contribution is 8.00. The fourth-order valence-electron chi connectivity index (χ4n) is 3.21. The molecule has 1 aliphatic carbocycles. The van der Waals surface area contributed by atoms with Gasteiger partial charge in [0.25, 0.3) is 0 Å². The van der Waals surface area contributed by atoms with Crippen molar-refractivity contribution in [3.8, 4) is 0 Å². The number of carbonyl (C=O) groups is 2. The SMILES string of the molecule is CC(=O)O[C@@H]1CS[C@H](C(=O)O[C@@H]2C[C@@H](C)CC[C@H]2C(C)C)O1. The van der Waals surface area contributed by atoms with Crippen LogP contribution < -0.4 is 0 Å². The van der Waals surface area contributed by atoms with E-state index in [2.05, 4.69) is 20.8 Å². The maximum absolute atomic E-state index is 12.3. The second-order valence-electron chi connectivity index (χ2n) is 6.64. The van der Waals surface area contributed by atoms with Crippen LogP contribution in [0.2, 0.25) is 0 Å². The Morgan fingerprint density at radius 1 is 1.23 bits per heavy atom. The Kier molecular flexibility index (Phi) is 6.15. The van der Waals surface area contributed by atoms with E-state index in [1.54, 1.807) is 0 Å². The average molecular weight is 330 g/mol. The van der Waals surface area contributed by atoms with E-state index in [9.17, 15) is 9.59 Å². The number of ether oxygens (including phenoxy) is 3. The van der Waals surface area contributed by atoms with Crippen molar-refractivity contribution in [1.29, 1.82) is 0 Å². The van der Waals surface area contributed by atoms with Crippen LogP contribution in [0.3, 0.4) is 0 Å². The van der Waals surface area contributed by atoms with Crippen LogP contribution in [-0.2, 0) is 23.8 Å². The van der Waals surface area contributed by atoms with Crippen molar-refractivity contribution in [2.24, 2.45) is 17.8 Å². The molecule has 0 amide bonds. The Hall–Kier alpha value is -0.750. The van der Waals surface area contributed by atoms with Gasteiger partial charge >= 0.3 is 11.9 Å². The lowest BCUT2D eigenvalue weighted by Crippen LogP contribution is -2.38. The van der Waals surface area contributed by atoms with Gasteiger partial charge in [-0.1, -0.05) is 27.2 Å². The van der Waals surface area contributed by atoms with Crippen LogP contribution in [-0.4, -0.2) is 35.5 Å². The second-order valence-corrected chi connectivity index (χ2v) is 7.74. The molecule has 5 nitrogen and oxygen atoms in total. The first-order valence-electron chi connectivity index (χ1n) is 8.01. The quantitative estimate of drug-likeness (QED) is 0.739. The van der Waals surface area contributed by atoms with Crippen molar-refractivity contribution < 1.29 is 23.8 Å². The van der Waals surface area contributed by atoms with Crippen molar-refractivity contribution >= 4 is 23.7 Å². The Morgan fingerprint density at radius 2 is 1.95 bits per heavy atom. The highest BCUT2D eigenvalue weighted by Crippen LogP contribution is 2.36. The maximum atomic E-state index is 12.3. The van der Waals surface area contributed by atoms with Crippen molar-refractivity contribution in [3.63, 3.8) is 0 Å². The normalized spacial score (nSPS) is 35.4. The highest BCUT2D eigenvalue weighted by Gasteiger charge is 2.39. The summed E-state index contributed by atoms with van der Waals surface area (Å²) in [5, 5.41) is 0. The fourth-order valence-corrected chi connectivity index (χ4v) is 4.08. The van der Waals surface area contributed by atoms with Gasteiger partial charge in [-0.25, -0.2) is 4.79 Å². The number of thioether (sulfide) groups is 1. The van der Waals surface area contributed by atoms with Crippen molar-refractivity contribution in [2.45, 2.75) is 64.8 Å². The van der Waals surface area contributed by atoms with Crippen molar-refractivity contribution in [3.05, 3.63) is 0 Å². The van der Waals surface area contributed by atoms with E-state index in [0.717, 1.165) is 12.8 Å². The predicted octanol–water partition coefficient (Wildman–Crippen LogP) is 2.97. The van der Waals surface area contributed by atoms with Crippen LogP contribution in [0.5, 0.6) is 0 Å². The minimum absolute atomic E-state index is 0.0341. The number of hydrogen-bond donors (Lipinski definition) is 0. The lowest BCUT2D eigenvalue weighted by molar-refractivity contribution is -0.185. The van der Waals surface area contributed by atoms with Gasteiger partial charge in [-0.05, 0) is 30.6 Å². The lowest BCUT2D eigenvalue weighted by Gasteiger charge is -2.37. The standard InChI is InChI=1S/C16H26O5S/c1-9(2)12-6-5-10(3)7-13(12)20-15(18)16-21-14(8-22-16)19-11(4)17/h9-10,12-14,16H,5-8H2,1-4H3/t10-,12-,13+,14-,16+/m0/s1. The van der Waals surface area contributed by atoms with E-state index in [1.165, 1.54) is 25.1 Å². The van der Waals surface area contributed by atoms with E-state index < -0.39 is 17.7 Å². The van der Waals surface area contributed by atoms with Crippen molar-refractivity contribution in [1.82, 2.24) is 0 Å². The summed E-state index contributed by atoms with van der Waals surface area (Å²) in [5.74, 6) is 1.21. The van der Waals surface area contributed by atoms with Gasteiger partial charge in [0.2, 0.25) is 11.7 Å². The first kappa shape index (κ1) is 17.6. The molecular weight excluding hydrogens is 304 g/mol. The first-order chi connectivity index (χ1) is 10.4. The summed E-state index contributed by atoms with van der Waals surface area (Å²) in [6.45, 7) is 7.89. The lowest BCUT2D eigenvalue weighted by atomic mass is 9.75. The van der Waals surface area contributed by atoms with Crippen LogP contribution in [0, 0.1) is 17.8 Å². The molecule has 2 rings (SSSR count). The van der Waals surface area contributed by atoms with Gasteiger partial charge in [0, 0.05) is 6.92 Å². The molecule has 0 radical (unpaired) electrons.